The molecule has 3 saturated heterocycles. The number of hydrogen-bond acceptors (Lipinski definition) is 31. The van der Waals surface area contributed by atoms with Crippen LogP contribution in [0.2, 0.25) is 0 Å². The molecular weight excluding hydrogens is 1020 g/mol. The molecule has 0 amide bonds. The number of nitrogens with two attached hydrogens (primary N) is 3. The third kappa shape index (κ3) is 9.80. The van der Waals surface area contributed by atoms with E-state index >= 15 is 0 Å². The molecule has 0 radical (unpaired) electrons. The topological polar surface area (TPSA) is 450 Å². The number of rotatable bonds is 16. The zero-order valence-electron chi connectivity index (χ0n) is 33.4. The Morgan fingerprint density at radius 3 is 1.25 bits per heavy atom. The lowest BCUT2D eigenvalue weighted by Crippen LogP contribution is -2.38. The van der Waals surface area contributed by atoms with Crippen LogP contribution in [0.4, 0.5) is 17.5 Å². The quantitative estimate of drug-likeness (QED) is 0.0326. The predicted molar refractivity (Wildman–Crippen MR) is 230 cm³/mol. The van der Waals surface area contributed by atoms with Crippen LogP contribution in [0.3, 0.4) is 0 Å². The van der Waals surface area contributed by atoms with Crippen molar-refractivity contribution in [1.29, 1.82) is 0 Å². The first-order valence-electron chi connectivity index (χ1n) is 19.2. The highest BCUT2D eigenvalue weighted by Gasteiger charge is 2.55. The van der Waals surface area contributed by atoms with Crippen LogP contribution in [0.1, 0.15) is 18.7 Å². The maximum Gasteiger partial charge on any atom is 0.287 e. The Morgan fingerprint density at radius 2 is 0.866 bits per heavy atom. The fraction of sp³-hybridized carbons (Fsp3) is 0.500. The van der Waals surface area contributed by atoms with Gasteiger partial charge in [-0.1, -0.05) is 7.15 Å². The van der Waals surface area contributed by atoms with Crippen molar-refractivity contribution in [3.63, 3.8) is 0 Å². The number of anilines is 3. The lowest BCUT2D eigenvalue weighted by Gasteiger charge is -2.41. The van der Waals surface area contributed by atoms with Crippen molar-refractivity contribution in [3.05, 3.63) is 38.0 Å². The van der Waals surface area contributed by atoms with Crippen molar-refractivity contribution in [2.45, 2.75) is 73.6 Å². The van der Waals surface area contributed by atoms with Crippen molar-refractivity contribution < 1.29 is 76.8 Å². The Morgan fingerprint density at radius 1 is 0.522 bits per heavy atom. The number of nitrogen functional groups attached to an aromatic ring is 3. The van der Waals surface area contributed by atoms with Crippen molar-refractivity contribution in [2.24, 2.45) is 0 Å². The maximum absolute atomic E-state index is 11.7. The largest absolute Gasteiger partial charge is 0.676 e. The van der Waals surface area contributed by atoms with Crippen LogP contribution in [-0.2, 0) is 73.6 Å². The summed E-state index contributed by atoms with van der Waals surface area (Å²) < 4.78 is 49.4. The van der Waals surface area contributed by atoms with Gasteiger partial charge in [-0.2, -0.15) is 18.1 Å². The number of hydrogen-bond donors (Lipinski definition) is 9. The maximum atomic E-state index is 11.7. The van der Waals surface area contributed by atoms with Crippen LogP contribution in [-0.4, -0.2) is 164 Å². The number of aliphatic hydroxyl groups is 4. The summed E-state index contributed by atoms with van der Waals surface area (Å²) in [5.74, 6) is 0.0429. The number of aliphatic hydroxyl groups excluding tert-OH is 4. The van der Waals surface area contributed by atoms with Crippen molar-refractivity contribution in [1.82, 2.24) is 58.6 Å². The first-order valence-corrected chi connectivity index (χ1v) is 26.9. The van der Waals surface area contributed by atoms with Gasteiger partial charge in [0.15, 0.2) is 65.3 Å². The highest BCUT2D eigenvalue weighted by Crippen LogP contribution is 2.61. The van der Waals surface area contributed by atoms with E-state index in [1.807, 2.05) is 0 Å². The minimum Gasteiger partial charge on any atom is -0.676 e. The predicted octanol–water partition coefficient (Wildman–Crippen LogP) is -4.41. The van der Waals surface area contributed by atoms with Crippen molar-refractivity contribution in [3.8, 4) is 0 Å². The Labute approximate surface area is 391 Å². The van der Waals surface area contributed by atoms with Gasteiger partial charge in [-0.3, -0.25) is 18.2 Å². The van der Waals surface area contributed by atoms with Gasteiger partial charge >= 0.3 is 0 Å². The van der Waals surface area contributed by atoms with Gasteiger partial charge < -0.3 is 98.4 Å². The molecule has 0 bridgehead atoms. The normalized spacial score (nSPS) is 31.0. The van der Waals surface area contributed by atoms with Gasteiger partial charge in [-0.25, -0.2) is 54.6 Å². The molecule has 0 spiro atoms. The molecule has 67 heavy (non-hydrogen) atoms. The Kier molecular flexibility index (Phi) is 13.7. The average molecular weight is 1050 g/mol. The summed E-state index contributed by atoms with van der Waals surface area (Å²) in [6, 6.07) is 0. The average Bonchev–Trinajstić information content (AvgIpc) is 4.13. The number of ether oxygens (including phenoxy) is 3. The second-order valence-electron chi connectivity index (χ2n) is 14.8. The standard InChI is InChI=1S/C30H38N15O16P3S3/c31-22-13-25(37-4-34-22)43(7-40-13)28-19(49)16(46)10(57-28)2-55-63(52,66)61-21-18(48)12(59-30(21)45-9-42-15-24(33)36-6-39-27(15)45)3-56-64(53,67)60-20-17(47)11(1-54-62(50,51)65)58-29(20)44-8-41-14-23(32)35-5-38-26(14)44/h4-12,16-21,28-30,46-49H,1-3H2,(H,52,66)(H,53,67)(H2,31,34,37)(H2,32,35,38)(H2,33,36,39)(H2,50,51,65)/p-2/t10-,11-,12-,16-,17-,18-,19-,20-,21-,28-,29-,30-,63?,64?/m1/s1. The summed E-state index contributed by atoms with van der Waals surface area (Å²) in [7, 11) is -13.7. The fourth-order valence-corrected chi connectivity index (χ4v) is 10.9. The van der Waals surface area contributed by atoms with Crippen LogP contribution in [0.15, 0.2) is 38.0 Å². The van der Waals surface area contributed by atoms with Crippen molar-refractivity contribution >= 4 is 109 Å². The first-order chi connectivity index (χ1) is 31.7. The number of imidazole rings is 3. The van der Waals surface area contributed by atoms with E-state index in [0.717, 1.165) is 12.7 Å². The second kappa shape index (κ2) is 18.8. The molecule has 12 N–H and O–H groups in total. The monoisotopic (exact) mass is 1050 g/mol. The zero-order valence-corrected chi connectivity index (χ0v) is 38.6. The molecule has 6 aromatic heterocycles. The van der Waals surface area contributed by atoms with E-state index in [0.29, 0.717) is 0 Å². The summed E-state index contributed by atoms with van der Waals surface area (Å²) in [5.41, 5.74) is 18.7. The minimum absolute atomic E-state index is 0.00917. The lowest BCUT2D eigenvalue weighted by molar-refractivity contribution is -0.325. The van der Waals surface area contributed by atoms with Crippen LogP contribution in [0.25, 0.3) is 33.5 Å². The number of fused-ring (bicyclic) bond motifs is 3. The van der Waals surface area contributed by atoms with Gasteiger partial charge in [0.05, 0.1) is 19.0 Å². The lowest BCUT2D eigenvalue weighted by atomic mass is 10.1. The molecule has 362 valence electrons. The van der Waals surface area contributed by atoms with E-state index in [4.69, 9.17) is 78.5 Å². The molecule has 37 heteroatoms. The summed E-state index contributed by atoms with van der Waals surface area (Å²) >= 11 is 15.0. The summed E-state index contributed by atoms with van der Waals surface area (Å²) in [5, 5.41) is 44.9. The number of aromatic nitrogens is 12. The second-order valence-corrected chi connectivity index (χ2v) is 22.9. The molecule has 9 heterocycles. The molecule has 2 unspecified atom stereocenters. The van der Waals surface area contributed by atoms with Gasteiger partial charge in [-0.15, -0.1) is 0 Å². The van der Waals surface area contributed by atoms with Crippen molar-refractivity contribution in [2.75, 3.05) is 37.0 Å². The zero-order chi connectivity index (χ0) is 47.7. The Hall–Kier alpha value is -3.25. The highest BCUT2D eigenvalue weighted by molar-refractivity contribution is 8.35. The first kappa shape index (κ1) is 48.8. The van der Waals surface area contributed by atoms with Crippen LogP contribution >= 0.6 is 21.4 Å². The van der Waals surface area contributed by atoms with E-state index in [-0.39, 0.29) is 50.9 Å². The Bertz CT molecular complexity index is 2750. The summed E-state index contributed by atoms with van der Waals surface area (Å²) in [4.78, 5) is 82.9. The van der Waals surface area contributed by atoms with Gasteiger partial charge in [0.1, 0.15) is 98.1 Å². The fourth-order valence-electron chi connectivity index (χ4n) is 7.52. The van der Waals surface area contributed by atoms with E-state index in [1.165, 1.54) is 39.0 Å². The molecule has 3 aliphatic rings. The molecule has 0 aromatic carbocycles. The summed E-state index contributed by atoms with van der Waals surface area (Å²) in [6.45, 7) is -2.16. The Balaban J connectivity index is 0.915. The molecule has 0 aliphatic carbocycles. The minimum atomic E-state index is -4.72. The molecule has 31 nitrogen and oxygen atoms in total. The van der Waals surface area contributed by atoms with Gasteiger partial charge in [-0.05, 0) is 0 Å². The molecule has 9 rings (SSSR count). The molecular formula is C30H36N15O16P3S3-2. The third-order valence-corrected chi connectivity index (χ3v) is 14.6. The third-order valence-electron chi connectivity index (χ3n) is 10.7. The molecule has 3 fully saturated rings. The van der Waals surface area contributed by atoms with E-state index in [9.17, 15) is 40.0 Å². The molecule has 3 aliphatic heterocycles. The van der Waals surface area contributed by atoms with Gasteiger partial charge in [0, 0.05) is 0 Å². The number of nitrogens with zero attached hydrogens (tertiary/aromatic N) is 12. The smallest absolute Gasteiger partial charge is 0.287 e. The summed E-state index contributed by atoms with van der Waals surface area (Å²) in [6.07, 6.45) is -11.1. The van der Waals surface area contributed by atoms with E-state index in [2.05, 4.69) is 57.1 Å². The molecule has 0 saturated carbocycles. The molecule has 14 atom stereocenters. The van der Waals surface area contributed by atoms with Crippen LogP contribution in [0.5, 0.6) is 0 Å². The van der Waals surface area contributed by atoms with E-state index < -0.39 is 115 Å². The molecule has 6 aromatic rings. The highest BCUT2D eigenvalue weighted by atomic mass is 32.7. The van der Waals surface area contributed by atoms with Gasteiger partial charge in [0.2, 0.25) is 0 Å². The van der Waals surface area contributed by atoms with Crippen LogP contribution in [0, 0.1) is 0 Å². The van der Waals surface area contributed by atoms with Gasteiger partial charge in [0.25, 0.3) is 14.3 Å². The SMILES string of the molecule is Nc1ncnc2c1ncn2[C@@H]1O[C@H](CO[P+](O)([S-])O[C@@H]2[C@H](O)[C@@H](CO[P+](O)([S-])O[C@@H]3[C@H](O)[C@@H](CO[P+]([O-])([O-])[S-])O[C@H]3n3cnc4c(N)ncnc43)O[C@H]2n2cnc3c(N)ncnc32)[C@@H](O)[C@H]1O. The van der Waals surface area contributed by atoms with E-state index in [1.54, 1.807) is 0 Å². The van der Waals surface area contributed by atoms with Crippen LogP contribution < -0.4 is 27.0 Å².